The zero-order valence-corrected chi connectivity index (χ0v) is 11.7. The largest absolute Gasteiger partial charge is 0.361 e. The van der Waals surface area contributed by atoms with Crippen molar-refractivity contribution in [2.24, 2.45) is 5.84 Å². The van der Waals surface area contributed by atoms with Gasteiger partial charge in [-0.3, -0.25) is 10.1 Å². The van der Waals surface area contributed by atoms with Gasteiger partial charge < -0.3 is 10.7 Å². The van der Waals surface area contributed by atoms with Crippen LogP contribution in [0.2, 0.25) is 0 Å². The number of rotatable bonds is 6. The molecule has 7 nitrogen and oxygen atoms in total. The van der Waals surface area contributed by atoms with E-state index in [9.17, 15) is 10.1 Å². The summed E-state index contributed by atoms with van der Waals surface area (Å²) in [7, 11) is 0. The quantitative estimate of drug-likeness (QED) is 0.429. The van der Waals surface area contributed by atoms with Gasteiger partial charge in [-0.25, -0.2) is 10.8 Å². The van der Waals surface area contributed by atoms with Crippen molar-refractivity contribution >= 4 is 28.7 Å². The standard InChI is InChI=1S/C12H15N5O2S/c1-8(7-9-3-2-6-20-9)14-12-10(17(18)19)4-5-11(15-12)16-13/h2-6,8H,7,13H2,1H3,(H2,14,15,16). The van der Waals surface area contributed by atoms with E-state index in [2.05, 4.69) is 15.7 Å². The highest BCUT2D eigenvalue weighted by Crippen LogP contribution is 2.25. The molecule has 2 rings (SSSR count). The van der Waals surface area contributed by atoms with Crippen molar-refractivity contribution in [2.75, 3.05) is 10.7 Å². The second kappa shape index (κ2) is 6.31. The number of anilines is 2. The van der Waals surface area contributed by atoms with E-state index in [0.29, 0.717) is 5.82 Å². The van der Waals surface area contributed by atoms with Crippen molar-refractivity contribution < 1.29 is 4.92 Å². The van der Waals surface area contributed by atoms with Crippen molar-refractivity contribution in [2.45, 2.75) is 19.4 Å². The first kappa shape index (κ1) is 14.2. The van der Waals surface area contributed by atoms with E-state index in [1.54, 1.807) is 11.3 Å². The SMILES string of the molecule is CC(Cc1cccs1)Nc1nc(NN)ccc1[N+](=O)[O-]. The average molecular weight is 293 g/mol. The Hall–Kier alpha value is -2.19. The number of hydrazine groups is 1. The minimum absolute atomic E-state index is 0.0212. The Morgan fingerprint density at radius 3 is 2.90 bits per heavy atom. The van der Waals surface area contributed by atoms with Crippen LogP contribution in [0.4, 0.5) is 17.3 Å². The summed E-state index contributed by atoms with van der Waals surface area (Å²) in [5.74, 6) is 5.87. The van der Waals surface area contributed by atoms with Crippen LogP contribution in [0.25, 0.3) is 0 Å². The first-order valence-corrected chi connectivity index (χ1v) is 6.89. The van der Waals surface area contributed by atoms with Crippen LogP contribution in [0.1, 0.15) is 11.8 Å². The van der Waals surface area contributed by atoms with Crippen molar-refractivity contribution in [3.8, 4) is 0 Å². The lowest BCUT2D eigenvalue weighted by Gasteiger charge is -2.14. The summed E-state index contributed by atoms with van der Waals surface area (Å²) in [6.45, 7) is 1.95. The third kappa shape index (κ3) is 3.43. The van der Waals surface area contributed by atoms with E-state index in [0.717, 1.165) is 6.42 Å². The first-order valence-electron chi connectivity index (χ1n) is 6.01. The lowest BCUT2D eigenvalue weighted by atomic mass is 10.2. The molecule has 0 radical (unpaired) electrons. The van der Waals surface area contributed by atoms with Gasteiger partial charge in [-0.1, -0.05) is 6.07 Å². The van der Waals surface area contributed by atoms with Gasteiger partial charge in [-0.15, -0.1) is 11.3 Å². The molecule has 2 heterocycles. The molecule has 8 heteroatoms. The molecule has 0 amide bonds. The summed E-state index contributed by atoms with van der Waals surface area (Å²) >= 11 is 1.65. The third-order valence-electron chi connectivity index (χ3n) is 2.69. The molecule has 0 spiro atoms. The number of nitro groups is 1. The smallest absolute Gasteiger partial charge is 0.311 e. The number of hydrogen-bond acceptors (Lipinski definition) is 7. The second-order valence-electron chi connectivity index (χ2n) is 4.29. The number of nitrogens with two attached hydrogens (primary N) is 1. The minimum Gasteiger partial charge on any atom is -0.361 e. The van der Waals surface area contributed by atoms with Gasteiger partial charge >= 0.3 is 5.69 Å². The molecular formula is C12H15N5O2S. The molecule has 0 fully saturated rings. The summed E-state index contributed by atoms with van der Waals surface area (Å²) in [5.41, 5.74) is 2.31. The zero-order chi connectivity index (χ0) is 14.5. The average Bonchev–Trinajstić information content (AvgIpc) is 2.90. The van der Waals surface area contributed by atoms with Gasteiger partial charge in [0.1, 0.15) is 5.82 Å². The van der Waals surface area contributed by atoms with Crippen LogP contribution in [0, 0.1) is 10.1 Å². The number of aromatic nitrogens is 1. The van der Waals surface area contributed by atoms with Crippen LogP contribution in [-0.2, 0) is 6.42 Å². The Kier molecular flexibility index (Phi) is 4.49. The predicted octanol–water partition coefficient (Wildman–Crippen LogP) is 2.38. The number of hydrogen-bond donors (Lipinski definition) is 3. The molecular weight excluding hydrogens is 278 g/mol. The monoisotopic (exact) mass is 293 g/mol. The zero-order valence-electron chi connectivity index (χ0n) is 10.9. The number of pyridine rings is 1. The number of thiophene rings is 1. The van der Waals surface area contributed by atoms with Crippen LogP contribution in [0.3, 0.4) is 0 Å². The molecule has 20 heavy (non-hydrogen) atoms. The van der Waals surface area contributed by atoms with Crippen LogP contribution in [0.15, 0.2) is 29.6 Å². The van der Waals surface area contributed by atoms with Gasteiger partial charge in [0, 0.05) is 23.4 Å². The Balaban J connectivity index is 2.16. The molecule has 0 aliphatic heterocycles. The summed E-state index contributed by atoms with van der Waals surface area (Å²) in [4.78, 5) is 15.8. The molecule has 0 bridgehead atoms. The number of nitrogens with one attached hydrogen (secondary N) is 2. The van der Waals surface area contributed by atoms with E-state index in [1.165, 1.54) is 17.0 Å². The number of nitrogen functional groups attached to an aromatic ring is 1. The second-order valence-corrected chi connectivity index (χ2v) is 5.33. The molecule has 106 valence electrons. The fourth-order valence-electron chi connectivity index (χ4n) is 1.80. The van der Waals surface area contributed by atoms with E-state index >= 15 is 0 Å². The molecule has 1 unspecified atom stereocenters. The summed E-state index contributed by atoms with van der Waals surface area (Å²) < 4.78 is 0. The Labute approximate surface area is 120 Å². The molecule has 0 aliphatic carbocycles. The minimum atomic E-state index is -0.465. The summed E-state index contributed by atoms with van der Waals surface area (Å²) in [5, 5.41) is 16.1. The van der Waals surface area contributed by atoms with Crippen LogP contribution in [0.5, 0.6) is 0 Å². The molecule has 0 saturated heterocycles. The molecule has 1 atom stereocenters. The lowest BCUT2D eigenvalue weighted by Crippen LogP contribution is -2.20. The Morgan fingerprint density at radius 1 is 1.50 bits per heavy atom. The summed E-state index contributed by atoms with van der Waals surface area (Å²) in [6, 6.07) is 6.87. The van der Waals surface area contributed by atoms with E-state index in [-0.39, 0.29) is 17.5 Å². The molecule has 0 saturated carbocycles. The molecule has 0 aromatic carbocycles. The van der Waals surface area contributed by atoms with Gasteiger partial charge in [0.25, 0.3) is 0 Å². The van der Waals surface area contributed by atoms with Gasteiger partial charge in [0.15, 0.2) is 0 Å². The Morgan fingerprint density at radius 2 is 2.30 bits per heavy atom. The normalized spacial score (nSPS) is 11.9. The Bertz CT molecular complexity index is 588. The number of nitrogens with zero attached hydrogens (tertiary/aromatic N) is 2. The van der Waals surface area contributed by atoms with E-state index in [4.69, 9.17) is 5.84 Å². The fraction of sp³-hybridized carbons (Fsp3) is 0.250. The van der Waals surface area contributed by atoms with Crippen LogP contribution < -0.4 is 16.6 Å². The maximum Gasteiger partial charge on any atom is 0.311 e. The maximum absolute atomic E-state index is 11.0. The first-order chi connectivity index (χ1) is 9.60. The highest BCUT2D eigenvalue weighted by Gasteiger charge is 2.18. The van der Waals surface area contributed by atoms with Crippen molar-refractivity contribution in [1.29, 1.82) is 0 Å². The molecule has 4 N–H and O–H groups in total. The highest BCUT2D eigenvalue weighted by molar-refractivity contribution is 7.09. The third-order valence-corrected chi connectivity index (χ3v) is 3.59. The van der Waals surface area contributed by atoms with Crippen molar-refractivity contribution in [3.05, 3.63) is 44.6 Å². The molecule has 0 aliphatic rings. The van der Waals surface area contributed by atoms with Crippen molar-refractivity contribution in [3.63, 3.8) is 0 Å². The van der Waals surface area contributed by atoms with Crippen LogP contribution in [-0.4, -0.2) is 15.9 Å². The molecule has 2 aromatic rings. The van der Waals surface area contributed by atoms with E-state index < -0.39 is 4.92 Å². The highest BCUT2D eigenvalue weighted by atomic mass is 32.1. The van der Waals surface area contributed by atoms with Crippen LogP contribution >= 0.6 is 11.3 Å². The van der Waals surface area contributed by atoms with Gasteiger partial charge in [0.05, 0.1) is 4.92 Å². The fourth-order valence-corrected chi connectivity index (χ4v) is 2.64. The predicted molar refractivity (Wildman–Crippen MR) is 79.8 cm³/mol. The van der Waals surface area contributed by atoms with Gasteiger partial charge in [0.2, 0.25) is 5.82 Å². The van der Waals surface area contributed by atoms with Crippen molar-refractivity contribution in [1.82, 2.24) is 4.98 Å². The van der Waals surface area contributed by atoms with E-state index in [1.807, 2.05) is 24.4 Å². The maximum atomic E-state index is 11.0. The summed E-state index contributed by atoms with van der Waals surface area (Å²) in [6.07, 6.45) is 0.775. The lowest BCUT2D eigenvalue weighted by molar-refractivity contribution is -0.384. The topological polar surface area (TPSA) is 106 Å². The molecule has 2 aromatic heterocycles. The van der Waals surface area contributed by atoms with Gasteiger partial charge in [-0.2, -0.15) is 0 Å². The van der Waals surface area contributed by atoms with Gasteiger partial charge in [-0.05, 0) is 24.4 Å².